The van der Waals surface area contributed by atoms with Crippen LogP contribution in [0.4, 0.5) is 8.78 Å². The molecule has 0 unspecified atom stereocenters. The Labute approximate surface area is 145 Å². The van der Waals surface area contributed by atoms with E-state index in [1.807, 2.05) is 12.1 Å². The number of benzene rings is 2. The zero-order valence-electron chi connectivity index (χ0n) is 12.2. The third-order valence-corrected chi connectivity index (χ3v) is 3.72. The average Bonchev–Trinajstić information content (AvgIpc) is 2.53. The Bertz CT molecular complexity index is 678. The average molecular weight is 433 g/mol. The third kappa shape index (κ3) is 5.05. The monoisotopic (exact) mass is 433 g/mol. The highest BCUT2D eigenvalue weighted by molar-refractivity contribution is 14.1. The molecular weight excluding hydrogens is 419 g/mol. The van der Waals surface area contributed by atoms with E-state index in [1.165, 1.54) is 13.2 Å². The molecule has 23 heavy (non-hydrogen) atoms. The maximum Gasteiger partial charge on any atom is 0.387 e. The van der Waals surface area contributed by atoms with Crippen LogP contribution in [0.3, 0.4) is 0 Å². The number of hydrogen-bond acceptors (Lipinski definition) is 3. The molecule has 0 fully saturated rings. The van der Waals surface area contributed by atoms with Crippen LogP contribution in [0.1, 0.15) is 15.9 Å². The van der Waals surface area contributed by atoms with E-state index in [1.54, 1.807) is 24.3 Å². The molecule has 0 aliphatic rings. The van der Waals surface area contributed by atoms with E-state index in [0.717, 1.165) is 3.57 Å². The van der Waals surface area contributed by atoms with Crippen LogP contribution in [0.15, 0.2) is 42.5 Å². The van der Waals surface area contributed by atoms with Crippen molar-refractivity contribution in [3.63, 3.8) is 0 Å². The fraction of sp³-hybridized carbons (Fsp3) is 0.188. The summed E-state index contributed by atoms with van der Waals surface area (Å²) in [6.45, 7) is -2.67. The predicted molar refractivity (Wildman–Crippen MR) is 90.0 cm³/mol. The van der Waals surface area contributed by atoms with Crippen molar-refractivity contribution in [2.24, 2.45) is 0 Å². The molecule has 0 radical (unpaired) electrons. The number of alkyl halides is 2. The quantitative estimate of drug-likeness (QED) is 0.705. The highest BCUT2D eigenvalue weighted by Crippen LogP contribution is 2.29. The van der Waals surface area contributed by atoms with Crippen LogP contribution in [-0.2, 0) is 6.54 Å². The first kappa shape index (κ1) is 17.5. The summed E-state index contributed by atoms with van der Waals surface area (Å²) in [4.78, 5) is 12.0. The molecule has 0 atom stereocenters. The highest BCUT2D eigenvalue weighted by Gasteiger charge is 2.11. The van der Waals surface area contributed by atoms with Crippen LogP contribution in [-0.4, -0.2) is 19.6 Å². The Balaban J connectivity index is 2.02. The van der Waals surface area contributed by atoms with Gasteiger partial charge in [-0.05, 0) is 64.6 Å². The van der Waals surface area contributed by atoms with Crippen LogP contribution >= 0.6 is 22.6 Å². The van der Waals surface area contributed by atoms with Gasteiger partial charge < -0.3 is 14.8 Å². The molecule has 0 saturated heterocycles. The summed E-state index contributed by atoms with van der Waals surface area (Å²) >= 11 is 2.16. The molecule has 0 aliphatic carbocycles. The Morgan fingerprint density at radius 2 is 1.87 bits per heavy atom. The van der Waals surface area contributed by atoms with Gasteiger partial charge in [-0.15, -0.1) is 0 Å². The van der Waals surface area contributed by atoms with Gasteiger partial charge in [0.25, 0.3) is 5.91 Å². The number of carbonyl (C=O) groups is 1. The second kappa shape index (κ2) is 8.09. The summed E-state index contributed by atoms with van der Waals surface area (Å²) in [6, 6.07) is 11.7. The Morgan fingerprint density at radius 3 is 2.48 bits per heavy atom. The lowest BCUT2D eigenvalue weighted by Gasteiger charge is -2.12. The lowest BCUT2D eigenvalue weighted by molar-refractivity contribution is -0.0512. The summed E-state index contributed by atoms with van der Waals surface area (Å²) in [5.74, 6) is -0.0743. The van der Waals surface area contributed by atoms with Gasteiger partial charge in [-0.25, -0.2) is 0 Å². The standard InChI is InChI=1S/C16H14F2INO3/c1-22-14-8-10(2-7-13(14)23-16(17)18)9-20-15(21)11-3-5-12(19)6-4-11/h2-8,16H,9H2,1H3,(H,20,21). The minimum atomic E-state index is -2.92. The molecular formula is C16H14F2INO3. The van der Waals surface area contributed by atoms with Gasteiger partial charge in [0.05, 0.1) is 7.11 Å². The lowest BCUT2D eigenvalue weighted by atomic mass is 10.1. The number of amides is 1. The first-order chi connectivity index (χ1) is 11.0. The zero-order chi connectivity index (χ0) is 16.8. The first-order valence-corrected chi connectivity index (χ1v) is 7.73. The van der Waals surface area contributed by atoms with Gasteiger partial charge in [0, 0.05) is 15.7 Å². The van der Waals surface area contributed by atoms with E-state index in [-0.39, 0.29) is 24.0 Å². The number of methoxy groups -OCH3 is 1. The second-order valence-electron chi connectivity index (χ2n) is 4.55. The number of rotatable bonds is 6. The van der Waals surface area contributed by atoms with Gasteiger partial charge in [0.1, 0.15) is 0 Å². The number of ether oxygens (including phenoxy) is 2. The van der Waals surface area contributed by atoms with E-state index < -0.39 is 6.61 Å². The molecule has 0 saturated carbocycles. The smallest absolute Gasteiger partial charge is 0.387 e. The molecule has 2 aromatic rings. The highest BCUT2D eigenvalue weighted by atomic mass is 127. The maximum absolute atomic E-state index is 12.3. The molecule has 2 aromatic carbocycles. The summed E-state index contributed by atoms with van der Waals surface area (Å²) in [5.41, 5.74) is 1.26. The van der Waals surface area contributed by atoms with Crippen LogP contribution in [0.25, 0.3) is 0 Å². The molecule has 122 valence electrons. The predicted octanol–water partition coefficient (Wildman–Crippen LogP) is 3.83. The molecule has 7 heteroatoms. The fourth-order valence-electron chi connectivity index (χ4n) is 1.90. The minimum absolute atomic E-state index is 0.0461. The summed E-state index contributed by atoms with van der Waals surface area (Å²) < 4.78 is 35.0. The second-order valence-corrected chi connectivity index (χ2v) is 5.80. The Hall–Kier alpha value is -1.90. The molecule has 1 N–H and O–H groups in total. The van der Waals surface area contributed by atoms with E-state index in [2.05, 4.69) is 32.6 Å². The van der Waals surface area contributed by atoms with Gasteiger partial charge in [-0.2, -0.15) is 8.78 Å². The number of carbonyl (C=O) groups excluding carboxylic acids is 1. The molecule has 0 heterocycles. The van der Waals surface area contributed by atoms with Gasteiger partial charge in [0.15, 0.2) is 11.5 Å². The van der Waals surface area contributed by atoms with Crippen molar-refractivity contribution in [3.05, 3.63) is 57.2 Å². The van der Waals surface area contributed by atoms with Gasteiger partial charge in [-0.3, -0.25) is 4.79 Å². The van der Waals surface area contributed by atoms with E-state index in [4.69, 9.17) is 4.74 Å². The molecule has 0 aromatic heterocycles. The Kier molecular flexibility index (Phi) is 6.14. The molecule has 0 bridgehead atoms. The molecule has 2 rings (SSSR count). The van der Waals surface area contributed by atoms with Crippen molar-refractivity contribution < 1.29 is 23.0 Å². The molecule has 0 aliphatic heterocycles. The summed E-state index contributed by atoms with van der Waals surface area (Å²) in [5, 5.41) is 2.76. The van der Waals surface area contributed by atoms with Crippen molar-refractivity contribution in [3.8, 4) is 11.5 Å². The van der Waals surface area contributed by atoms with Crippen molar-refractivity contribution in [2.45, 2.75) is 13.2 Å². The van der Waals surface area contributed by atoms with Gasteiger partial charge in [-0.1, -0.05) is 6.07 Å². The molecule has 1 amide bonds. The third-order valence-electron chi connectivity index (χ3n) is 3.00. The van der Waals surface area contributed by atoms with Gasteiger partial charge in [0.2, 0.25) is 0 Å². The molecule has 0 spiro atoms. The van der Waals surface area contributed by atoms with Crippen LogP contribution in [0, 0.1) is 3.57 Å². The Morgan fingerprint density at radius 1 is 1.17 bits per heavy atom. The normalized spacial score (nSPS) is 10.5. The van der Waals surface area contributed by atoms with Crippen molar-refractivity contribution in [2.75, 3.05) is 7.11 Å². The topological polar surface area (TPSA) is 47.6 Å². The SMILES string of the molecule is COc1cc(CNC(=O)c2ccc(I)cc2)ccc1OC(F)F. The van der Waals surface area contributed by atoms with E-state index in [0.29, 0.717) is 11.1 Å². The van der Waals surface area contributed by atoms with Crippen LogP contribution in [0.5, 0.6) is 11.5 Å². The first-order valence-electron chi connectivity index (χ1n) is 6.65. The molecule has 4 nitrogen and oxygen atoms in total. The number of hydrogen-bond donors (Lipinski definition) is 1. The lowest BCUT2D eigenvalue weighted by Crippen LogP contribution is -2.22. The summed E-state index contributed by atoms with van der Waals surface area (Å²) in [7, 11) is 1.36. The van der Waals surface area contributed by atoms with Crippen LogP contribution < -0.4 is 14.8 Å². The van der Waals surface area contributed by atoms with Crippen molar-refractivity contribution in [1.29, 1.82) is 0 Å². The largest absolute Gasteiger partial charge is 0.493 e. The van der Waals surface area contributed by atoms with E-state index >= 15 is 0 Å². The van der Waals surface area contributed by atoms with Gasteiger partial charge >= 0.3 is 6.61 Å². The number of nitrogens with one attached hydrogen (secondary N) is 1. The van der Waals surface area contributed by atoms with Crippen LogP contribution in [0.2, 0.25) is 0 Å². The van der Waals surface area contributed by atoms with Crippen molar-refractivity contribution >= 4 is 28.5 Å². The summed E-state index contributed by atoms with van der Waals surface area (Å²) in [6.07, 6.45) is 0. The maximum atomic E-state index is 12.3. The van der Waals surface area contributed by atoms with E-state index in [9.17, 15) is 13.6 Å². The fourth-order valence-corrected chi connectivity index (χ4v) is 2.26. The zero-order valence-corrected chi connectivity index (χ0v) is 14.3. The minimum Gasteiger partial charge on any atom is -0.493 e. The van der Waals surface area contributed by atoms with Crippen molar-refractivity contribution in [1.82, 2.24) is 5.32 Å². The number of halogens is 3.